The van der Waals surface area contributed by atoms with Crippen molar-refractivity contribution < 1.29 is 18.6 Å². The van der Waals surface area contributed by atoms with E-state index in [4.69, 9.17) is 4.98 Å². The summed E-state index contributed by atoms with van der Waals surface area (Å²) in [6, 6.07) is 11.8. The molecule has 252 valence electrons. The first kappa shape index (κ1) is 36.5. The van der Waals surface area contributed by atoms with E-state index in [0.717, 1.165) is 44.3 Å². The van der Waals surface area contributed by atoms with Gasteiger partial charge >= 0.3 is 0 Å². The third kappa shape index (κ3) is 11.4. The molecule has 1 fully saturated rings. The minimum Gasteiger partial charge on any atom is -0.389 e. The third-order valence-electron chi connectivity index (χ3n) is 6.98. The lowest BCUT2D eigenvalue weighted by atomic mass is 9.80. The number of piperidine rings is 1. The molecule has 5 rings (SSSR count). The number of sulfone groups is 1. The number of aromatic nitrogens is 4. The van der Waals surface area contributed by atoms with Gasteiger partial charge in [0, 0.05) is 45.5 Å². The van der Waals surface area contributed by atoms with Crippen LogP contribution in [-0.4, -0.2) is 74.2 Å². The maximum Gasteiger partial charge on any atom is 0.247 e. The predicted octanol–water partition coefficient (Wildman–Crippen LogP) is 6.32. The Morgan fingerprint density at radius 3 is 1.81 bits per heavy atom. The Balaban J connectivity index is 0.000000223. The lowest BCUT2D eigenvalue weighted by Crippen LogP contribution is -2.60. The van der Waals surface area contributed by atoms with Gasteiger partial charge < -0.3 is 20.8 Å². The highest BCUT2D eigenvalue weighted by Gasteiger charge is 2.37. The SMILES string of the molecule is CC(O)/C=C/c1ccc(-c2ccnc(NC3CC(C)(C)NC(C)(C)C3)n2)s1.CC(O)/C=C/c1ccc(-c2ccnc(S(C)(=O)=O)n2)s1. The standard InChI is InChI=1S/C21H30N4OS.C13H14N2O3S2/c1-14(26)6-7-16-8-9-18(27-16)17-10-11-22-19(24-17)23-15-12-20(2,3)25-21(4,5)13-15;1-9(16)3-4-10-5-6-12(19-10)11-7-8-14-13(15-11)20(2,17)18/h6-11,14-15,25-26H,12-13H2,1-5H3,(H,22,23,24);3-9,16H,1-2H3/b7-6+;4-3+. The molecular formula is C34H44N6O4S3. The van der Waals surface area contributed by atoms with Gasteiger partial charge in [-0.25, -0.2) is 28.4 Å². The predicted molar refractivity (Wildman–Crippen MR) is 193 cm³/mol. The molecule has 0 aromatic carbocycles. The van der Waals surface area contributed by atoms with E-state index in [-0.39, 0.29) is 16.2 Å². The number of hydrogen-bond donors (Lipinski definition) is 4. The molecule has 4 aromatic heterocycles. The molecule has 2 unspecified atom stereocenters. The molecule has 13 heteroatoms. The molecule has 2 atom stereocenters. The molecule has 0 aliphatic carbocycles. The van der Waals surface area contributed by atoms with E-state index in [2.05, 4.69) is 59.3 Å². The summed E-state index contributed by atoms with van der Waals surface area (Å²) in [4.78, 5) is 21.0. The zero-order valence-electron chi connectivity index (χ0n) is 27.8. The Labute approximate surface area is 285 Å². The van der Waals surface area contributed by atoms with Gasteiger partial charge in [-0.2, -0.15) is 0 Å². The van der Waals surface area contributed by atoms with Gasteiger partial charge in [-0.05, 0) is 103 Å². The normalized spacial score (nSPS) is 17.7. The van der Waals surface area contributed by atoms with Gasteiger partial charge in [0.25, 0.3) is 0 Å². The van der Waals surface area contributed by atoms with Crippen molar-refractivity contribution in [2.45, 2.75) is 88.9 Å². The van der Waals surface area contributed by atoms with Crippen LogP contribution in [0.4, 0.5) is 5.95 Å². The van der Waals surface area contributed by atoms with Gasteiger partial charge in [-0.15, -0.1) is 22.7 Å². The van der Waals surface area contributed by atoms with Crippen molar-refractivity contribution in [2.24, 2.45) is 0 Å². The molecule has 1 aliphatic rings. The van der Waals surface area contributed by atoms with Crippen LogP contribution in [0.15, 0.2) is 66.1 Å². The highest BCUT2D eigenvalue weighted by atomic mass is 32.2. The average molecular weight is 697 g/mol. The Kier molecular flexibility index (Phi) is 11.9. The van der Waals surface area contributed by atoms with Crippen molar-refractivity contribution in [3.8, 4) is 21.1 Å². The number of anilines is 1. The summed E-state index contributed by atoms with van der Waals surface area (Å²) in [6.45, 7) is 12.4. The van der Waals surface area contributed by atoms with E-state index in [1.165, 1.54) is 17.5 Å². The van der Waals surface area contributed by atoms with Gasteiger partial charge in [0.2, 0.25) is 20.9 Å². The first-order valence-electron chi connectivity index (χ1n) is 15.3. The maximum absolute atomic E-state index is 11.4. The first-order chi connectivity index (χ1) is 22.0. The van der Waals surface area contributed by atoms with Crippen LogP contribution in [0.1, 0.15) is 64.1 Å². The molecule has 0 amide bonds. The van der Waals surface area contributed by atoms with Crippen LogP contribution in [-0.2, 0) is 9.84 Å². The highest BCUT2D eigenvalue weighted by Crippen LogP contribution is 2.32. The molecule has 47 heavy (non-hydrogen) atoms. The van der Waals surface area contributed by atoms with Crippen LogP contribution in [0.25, 0.3) is 33.3 Å². The van der Waals surface area contributed by atoms with Crippen molar-refractivity contribution in [3.05, 3.63) is 70.7 Å². The summed E-state index contributed by atoms with van der Waals surface area (Å²) < 4.78 is 22.9. The second-order valence-corrected chi connectivity index (χ2v) is 17.1. The molecule has 1 aliphatic heterocycles. The van der Waals surface area contributed by atoms with Crippen molar-refractivity contribution >= 4 is 50.6 Å². The second-order valence-electron chi connectivity index (χ2n) is 13.0. The summed E-state index contributed by atoms with van der Waals surface area (Å²) >= 11 is 3.12. The zero-order valence-corrected chi connectivity index (χ0v) is 30.2. The number of nitrogens with one attached hydrogen (secondary N) is 2. The number of aliphatic hydroxyl groups is 2. The molecule has 0 bridgehead atoms. The first-order valence-corrected chi connectivity index (χ1v) is 18.9. The smallest absolute Gasteiger partial charge is 0.247 e. The maximum atomic E-state index is 11.4. The van der Waals surface area contributed by atoms with E-state index in [0.29, 0.717) is 17.7 Å². The quantitative estimate of drug-likeness (QED) is 0.146. The fraction of sp³-hybridized carbons (Fsp3) is 0.412. The molecule has 0 saturated carbocycles. The summed E-state index contributed by atoms with van der Waals surface area (Å²) in [6.07, 6.45) is 12.7. The number of nitrogens with zero attached hydrogens (tertiary/aromatic N) is 4. The minimum atomic E-state index is -3.41. The fourth-order valence-corrected chi connectivity index (χ4v) is 7.76. The average Bonchev–Trinajstić information content (AvgIpc) is 3.64. The van der Waals surface area contributed by atoms with Crippen LogP contribution in [0, 0.1) is 0 Å². The van der Waals surface area contributed by atoms with Gasteiger partial charge in [0.1, 0.15) is 0 Å². The topological polar surface area (TPSA) is 150 Å². The van der Waals surface area contributed by atoms with E-state index in [9.17, 15) is 18.6 Å². The number of aliphatic hydroxyl groups excluding tert-OH is 2. The van der Waals surface area contributed by atoms with Crippen molar-refractivity contribution in [1.82, 2.24) is 25.3 Å². The van der Waals surface area contributed by atoms with Gasteiger partial charge in [-0.3, -0.25) is 0 Å². The summed E-state index contributed by atoms with van der Waals surface area (Å²) in [5, 5.41) is 25.7. The van der Waals surface area contributed by atoms with Crippen LogP contribution in [0.5, 0.6) is 0 Å². The Bertz CT molecular complexity index is 1790. The Morgan fingerprint density at radius 2 is 1.32 bits per heavy atom. The van der Waals surface area contributed by atoms with Gasteiger partial charge in [0.15, 0.2) is 0 Å². The summed E-state index contributed by atoms with van der Waals surface area (Å²) in [5.41, 5.74) is 1.65. The van der Waals surface area contributed by atoms with Crippen LogP contribution in [0.2, 0.25) is 0 Å². The van der Waals surface area contributed by atoms with Gasteiger partial charge in [0.05, 0.1) is 33.4 Å². The zero-order chi connectivity index (χ0) is 34.4. The van der Waals surface area contributed by atoms with Crippen molar-refractivity contribution in [2.75, 3.05) is 11.6 Å². The monoisotopic (exact) mass is 696 g/mol. The Morgan fingerprint density at radius 1 is 0.830 bits per heavy atom. The molecular weight excluding hydrogens is 653 g/mol. The van der Waals surface area contributed by atoms with Gasteiger partial charge in [-0.1, -0.05) is 12.2 Å². The van der Waals surface area contributed by atoms with Crippen LogP contribution in [0.3, 0.4) is 0 Å². The van der Waals surface area contributed by atoms with E-state index in [1.807, 2.05) is 42.6 Å². The number of thiophene rings is 2. The molecule has 4 aromatic rings. The van der Waals surface area contributed by atoms with Crippen molar-refractivity contribution in [3.63, 3.8) is 0 Å². The third-order valence-corrected chi connectivity index (χ3v) is 9.99. The fourth-order valence-electron chi connectivity index (χ4n) is 5.46. The van der Waals surface area contributed by atoms with E-state index >= 15 is 0 Å². The highest BCUT2D eigenvalue weighted by molar-refractivity contribution is 7.90. The molecule has 1 saturated heterocycles. The molecule has 10 nitrogen and oxygen atoms in total. The Hall–Kier alpha value is -3.33. The molecule has 0 radical (unpaired) electrons. The number of rotatable bonds is 9. The van der Waals surface area contributed by atoms with E-state index in [1.54, 1.807) is 43.4 Å². The second kappa shape index (κ2) is 15.3. The number of hydrogen-bond acceptors (Lipinski definition) is 12. The molecule has 5 heterocycles. The largest absolute Gasteiger partial charge is 0.389 e. The summed E-state index contributed by atoms with van der Waals surface area (Å²) in [7, 11) is -3.41. The van der Waals surface area contributed by atoms with Crippen LogP contribution < -0.4 is 10.6 Å². The van der Waals surface area contributed by atoms with Crippen molar-refractivity contribution in [1.29, 1.82) is 0 Å². The molecule has 0 spiro atoms. The lowest BCUT2D eigenvalue weighted by molar-refractivity contribution is 0.170. The lowest BCUT2D eigenvalue weighted by Gasteiger charge is -2.46. The summed E-state index contributed by atoms with van der Waals surface area (Å²) in [5.74, 6) is 0.681. The van der Waals surface area contributed by atoms with E-state index < -0.39 is 22.0 Å². The van der Waals surface area contributed by atoms with Crippen LogP contribution >= 0.6 is 22.7 Å². The molecule has 4 N–H and O–H groups in total. The minimum absolute atomic E-state index is 0.0792.